The molecular weight excluding hydrogens is 260 g/mol. The molecule has 0 spiro atoms. The van der Waals surface area contributed by atoms with Crippen molar-refractivity contribution in [3.05, 3.63) is 28.7 Å². The molecule has 1 aromatic carbocycles. The van der Waals surface area contributed by atoms with Crippen LogP contribution < -0.4 is 11.0 Å². The van der Waals surface area contributed by atoms with E-state index < -0.39 is 6.10 Å². The van der Waals surface area contributed by atoms with Gasteiger partial charge < -0.3 is 24.9 Å². The Labute approximate surface area is 114 Å². The van der Waals surface area contributed by atoms with Gasteiger partial charge in [0.1, 0.15) is 6.10 Å². The molecule has 7 nitrogen and oxygen atoms in total. The zero-order chi connectivity index (χ0) is 14.1. The number of nitrogens with zero attached hydrogens (tertiary/aromatic N) is 1. The van der Waals surface area contributed by atoms with Gasteiger partial charge in [0.25, 0.3) is 5.91 Å². The summed E-state index contributed by atoms with van der Waals surface area (Å²) >= 11 is 0. The number of H-pyrrole nitrogens is 2. The second-order valence-electron chi connectivity index (χ2n) is 4.92. The lowest BCUT2D eigenvalue weighted by atomic mass is 10.2. The van der Waals surface area contributed by atoms with Crippen LogP contribution in [0.1, 0.15) is 0 Å². The van der Waals surface area contributed by atoms with Crippen molar-refractivity contribution in [3.63, 3.8) is 0 Å². The maximum absolute atomic E-state index is 12.2. The average molecular weight is 276 g/mol. The number of rotatable bonds is 2. The van der Waals surface area contributed by atoms with Gasteiger partial charge in [-0.2, -0.15) is 0 Å². The summed E-state index contributed by atoms with van der Waals surface area (Å²) in [5, 5.41) is 2.81. The van der Waals surface area contributed by atoms with Crippen LogP contribution in [-0.2, 0) is 9.53 Å². The van der Waals surface area contributed by atoms with Gasteiger partial charge in [-0.25, -0.2) is 4.79 Å². The molecule has 3 N–H and O–H groups in total. The molecule has 1 amide bonds. The summed E-state index contributed by atoms with van der Waals surface area (Å²) in [7, 11) is 1.95. The first-order valence-electron chi connectivity index (χ1n) is 6.45. The highest BCUT2D eigenvalue weighted by molar-refractivity contribution is 6.01. The van der Waals surface area contributed by atoms with E-state index in [2.05, 4.69) is 15.3 Å². The number of hydrogen-bond donors (Lipinski definition) is 3. The van der Waals surface area contributed by atoms with E-state index in [1.807, 2.05) is 11.9 Å². The Kier molecular flexibility index (Phi) is 3.29. The highest BCUT2D eigenvalue weighted by Crippen LogP contribution is 2.19. The molecule has 1 aliphatic rings. The second kappa shape index (κ2) is 5.10. The van der Waals surface area contributed by atoms with Gasteiger partial charge in [-0.05, 0) is 19.2 Å². The van der Waals surface area contributed by atoms with E-state index in [1.165, 1.54) is 0 Å². The number of hydrogen-bond acceptors (Lipinski definition) is 4. The summed E-state index contributed by atoms with van der Waals surface area (Å²) in [4.78, 5) is 30.9. The fourth-order valence-electron chi connectivity index (χ4n) is 2.31. The first-order valence-corrected chi connectivity index (χ1v) is 6.45. The number of carbonyl (C=O) groups excluding carboxylic acids is 1. The maximum atomic E-state index is 12.2. The summed E-state index contributed by atoms with van der Waals surface area (Å²) in [6.45, 7) is 1.93. The molecule has 1 aromatic heterocycles. The Bertz CT molecular complexity index is 690. The Morgan fingerprint density at radius 3 is 3.10 bits per heavy atom. The van der Waals surface area contributed by atoms with Crippen LogP contribution in [-0.4, -0.2) is 53.6 Å². The van der Waals surface area contributed by atoms with Crippen LogP contribution in [0.25, 0.3) is 11.0 Å². The van der Waals surface area contributed by atoms with Gasteiger partial charge in [0.2, 0.25) is 0 Å². The van der Waals surface area contributed by atoms with E-state index in [1.54, 1.807) is 18.2 Å². The number of anilines is 1. The number of nitrogens with one attached hydrogen (secondary N) is 3. The van der Waals surface area contributed by atoms with Crippen LogP contribution in [0.3, 0.4) is 0 Å². The second-order valence-corrected chi connectivity index (χ2v) is 4.92. The molecule has 2 heterocycles. The topological polar surface area (TPSA) is 90.2 Å². The van der Waals surface area contributed by atoms with Gasteiger partial charge >= 0.3 is 5.69 Å². The fraction of sp³-hybridized carbons (Fsp3) is 0.385. The molecule has 3 rings (SSSR count). The normalized spacial score (nSPS) is 20.1. The van der Waals surface area contributed by atoms with Crippen molar-refractivity contribution in [2.75, 3.05) is 32.1 Å². The zero-order valence-corrected chi connectivity index (χ0v) is 11.1. The van der Waals surface area contributed by atoms with E-state index in [9.17, 15) is 9.59 Å². The van der Waals surface area contributed by atoms with E-state index in [0.29, 0.717) is 29.9 Å². The number of amides is 1. The molecule has 1 unspecified atom stereocenters. The number of fused-ring (bicyclic) bond motifs is 1. The number of imidazole rings is 1. The SMILES string of the molecule is CN1CCOC(C(=O)Nc2cccc3[nH]c(=O)[nH]c23)C1. The number of benzene rings is 1. The highest BCUT2D eigenvalue weighted by atomic mass is 16.5. The van der Waals surface area contributed by atoms with Gasteiger partial charge in [0.05, 0.1) is 23.3 Å². The molecule has 1 atom stereocenters. The largest absolute Gasteiger partial charge is 0.366 e. The Morgan fingerprint density at radius 2 is 2.30 bits per heavy atom. The van der Waals surface area contributed by atoms with Crippen LogP contribution in [0, 0.1) is 0 Å². The predicted molar refractivity (Wildman–Crippen MR) is 74.8 cm³/mol. The Balaban J connectivity index is 1.82. The van der Waals surface area contributed by atoms with Gasteiger partial charge in [-0.15, -0.1) is 0 Å². The molecule has 0 saturated carbocycles. The Morgan fingerprint density at radius 1 is 1.45 bits per heavy atom. The van der Waals surface area contributed by atoms with Crippen LogP contribution in [0.2, 0.25) is 0 Å². The molecule has 0 radical (unpaired) electrons. The van der Waals surface area contributed by atoms with Crippen LogP contribution >= 0.6 is 0 Å². The summed E-state index contributed by atoms with van der Waals surface area (Å²) in [6, 6.07) is 5.29. The Hall–Kier alpha value is -2.12. The van der Waals surface area contributed by atoms with Crippen molar-refractivity contribution in [2.24, 2.45) is 0 Å². The van der Waals surface area contributed by atoms with E-state index >= 15 is 0 Å². The van der Waals surface area contributed by atoms with Gasteiger partial charge in [0.15, 0.2) is 0 Å². The lowest BCUT2D eigenvalue weighted by molar-refractivity contribution is -0.132. The number of aromatic amines is 2. The van der Waals surface area contributed by atoms with Crippen molar-refractivity contribution in [1.29, 1.82) is 0 Å². The predicted octanol–water partition coefficient (Wildman–Crippen LogP) is 0.125. The van der Waals surface area contributed by atoms with Crippen molar-refractivity contribution in [2.45, 2.75) is 6.10 Å². The van der Waals surface area contributed by atoms with Crippen LogP contribution in [0.5, 0.6) is 0 Å². The average Bonchev–Trinajstić information content (AvgIpc) is 2.80. The molecule has 7 heteroatoms. The lowest BCUT2D eigenvalue weighted by Gasteiger charge is -2.29. The standard InChI is InChI=1S/C13H16N4O3/c1-17-5-6-20-10(7-17)12(18)14-8-3-2-4-9-11(8)16-13(19)15-9/h2-4,10H,5-7H2,1H3,(H,14,18)(H2,15,16,19). The smallest absolute Gasteiger partial charge is 0.323 e. The van der Waals surface area contributed by atoms with Crippen molar-refractivity contribution < 1.29 is 9.53 Å². The molecule has 2 aromatic rings. The van der Waals surface area contributed by atoms with Crippen molar-refractivity contribution in [3.8, 4) is 0 Å². The minimum atomic E-state index is -0.491. The molecule has 0 aliphatic carbocycles. The summed E-state index contributed by atoms with van der Waals surface area (Å²) in [5.74, 6) is -0.203. The maximum Gasteiger partial charge on any atom is 0.323 e. The van der Waals surface area contributed by atoms with Crippen LogP contribution in [0.4, 0.5) is 5.69 Å². The van der Waals surface area contributed by atoms with E-state index in [0.717, 1.165) is 6.54 Å². The first-order chi connectivity index (χ1) is 9.63. The number of para-hydroxylation sites is 1. The van der Waals surface area contributed by atoms with Gasteiger partial charge in [-0.3, -0.25) is 4.79 Å². The van der Waals surface area contributed by atoms with Crippen molar-refractivity contribution >= 4 is 22.6 Å². The fourth-order valence-corrected chi connectivity index (χ4v) is 2.31. The molecule has 106 valence electrons. The van der Waals surface area contributed by atoms with Gasteiger partial charge in [0, 0.05) is 13.1 Å². The monoisotopic (exact) mass is 276 g/mol. The molecule has 1 fully saturated rings. The number of likely N-dealkylation sites (N-methyl/N-ethyl adjacent to an activating group) is 1. The van der Waals surface area contributed by atoms with E-state index in [4.69, 9.17) is 4.74 Å². The van der Waals surface area contributed by atoms with E-state index in [-0.39, 0.29) is 11.6 Å². The van der Waals surface area contributed by atoms with Crippen molar-refractivity contribution in [1.82, 2.24) is 14.9 Å². The molecule has 1 saturated heterocycles. The first kappa shape index (κ1) is 12.9. The molecule has 0 bridgehead atoms. The minimum Gasteiger partial charge on any atom is -0.366 e. The number of carbonyl (C=O) groups is 1. The number of ether oxygens (including phenoxy) is 1. The molecule has 1 aliphatic heterocycles. The third-order valence-corrected chi connectivity index (χ3v) is 3.37. The van der Waals surface area contributed by atoms with Gasteiger partial charge in [-0.1, -0.05) is 6.07 Å². The number of aromatic nitrogens is 2. The molecular formula is C13H16N4O3. The quantitative estimate of drug-likeness (QED) is 0.727. The number of morpholine rings is 1. The van der Waals surface area contributed by atoms with Crippen LogP contribution in [0.15, 0.2) is 23.0 Å². The highest BCUT2D eigenvalue weighted by Gasteiger charge is 2.25. The summed E-state index contributed by atoms with van der Waals surface area (Å²) < 4.78 is 5.47. The lowest BCUT2D eigenvalue weighted by Crippen LogP contribution is -2.46. The summed E-state index contributed by atoms with van der Waals surface area (Å²) in [6.07, 6.45) is -0.491. The third kappa shape index (κ3) is 2.45. The molecule has 20 heavy (non-hydrogen) atoms. The third-order valence-electron chi connectivity index (χ3n) is 3.37. The minimum absolute atomic E-state index is 0.203. The zero-order valence-electron chi connectivity index (χ0n) is 11.1. The summed E-state index contributed by atoms with van der Waals surface area (Å²) in [5.41, 5.74) is 1.53.